The Kier molecular flexibility index (Phi) is 4.14. The highest BCUT2D eigenvalue weighted by atomic mass is 16.5. The summed E-state index contributed by atoms with van der Waals surface area (Å²) < 4.78 is 5.90. The molecule has 1 aliphatic heterocycles. The lowest BCUT2D eigenvalue weighted by Crippen LogP contribution is -2.33. The molecule has 0 spiro atoms. The van der Waals surface area contributed by atoms with Crippen molar-refractivity contribution in [2.45, 2.75) is 25.0 Å². The van der Waals surface area contributed by atoms with Crippen molar-refractivity contribution in [1.29, 1.82) is 0 Å². The minimum absolute atomic E-state index is 0.228. The van der Waals surface area contributed by atoms with Crippen LogP contribution in [0.15, 0.2) is 54.6 Å². The Labute approximate surface area is 120 Å². The lowest BCUT2D eigenvalue weighted by Gasteiger charge is -2.29. The first-order chi connectivity index (χ1) is 9.86. The summed E-state index contributed by atoms with van der Waals surface area (Å²) in [4.78, 5) is 0. The average Bonchev–Trinajstić information content (AvgIpc) is 2.56. The standard InChI is InChI=1S/C18H21NO/c1-19-17-11-12-20-18(13-17)16-9-7-15(8-10-16)14-5-3-2-4-6-14/h2-10,17-19H,11-13H2,1H3. The van der Waals surface area contributed by atoms with E-state index in [9.17, 15) is 0 Å². The zero-order valence-corrected chi connectivity index (χ0v) is 11.9. The zero-order valence-electron chi connectivity index (χ0n) is 11.9. The third kappa shape index (κ3) is 2.92. The molecule has 2 aromatic rings. The first kappa shape index (κ1) is 13.3. The molecular formula is C18H21NO. The van der Waals surface area contributed by atoms with Gasteiger partial charge in [-0.25, -0.2) is 0 Å². The number of benzene rings is 2. The van der Waals surface area contributed by atoms with Crippen molar-refractivity contribution in [3.63, 3.8) is 0 Å². The quantitative estimate of drug-likeness (QED) is 0.913. The molecule has 2 aromatic carbocycles. The SMILES string of the molecule is CNC1CCOC(c2ccc(-c3ccccc3)cc2)C1. The second-order valence-corrected chi connectivity index (χ2v) is 5.36. The van der Waals surface area contributed by atoms with Crippen molar-refractivity contribution in [1.82, 2.24) is 5.32 Å². The Bertz CT molecular complexity index is 535. The molecule has 1 saturated heterocycles. The van der Waals surface area contributed by atoms with Crippen LogP contribution in [0.3, 0.4) is 0 Å². The van der Waals surface area contributed by atoms with E-state index in [1.807, 2.05) is 13.1 Å². The lowest BCUT2D eigenvalue weighted by atomic mass is 9.96. The summed E-state index contributed by atoms with van der Waals surface area (Å²) in [5, 5.41) is 3.36. The Morgan fingerprint density at radius 1 is 0.950 bits per heavy atom. The Hall–Kier alpha value is -1.64. The predicted molar refractivity (Wildman–Crippen MR) is 82.7 cm³/mol. The van der Waals surface area contributed by atoms with Crippen molar-refractivity contribution in [3.05, 3.63) is 60.2 Å². The van der Waals surface area contributed by atoms with Crippen LogP contribution in [0.25, 0.3) is 11.1 Å². The molecular weight excluding hydrogens is 246 g/mol. The summed E-state index contributed by atoms with van der Waals surface area (Å²) in [6, 6.07) is 19.8. The van der Waals surface area contributed by atoms with Crippen molar-refractivity contribution in [2.24, 2.45) is 0 Å². The average molecular weight is 267 g/mol. The molecule has 1 fully saturated rings. The molecule has 0 bridgehead atoms. The molecule has 1 heterocycles. The van der Waals surface area contributed by atoms with Gasteiger partial charge in [0.2, 0.25) is 0 Å². The van der Waals surface area contributed by atoms with Crippen LogP contribution in [-0.4, -0.2) is 19.7 Å². The predicted octanol–water partition coefficient (Wildman–Crippen LogP) is 3.79. The van der Waals surface area contributed by atoms with Gasteiger partial charge in [0.1, 0.15) is 0 Å². The fraction of sp³-hybridized carbons (Fsp3) is 0.333. The summed E-state index contributed by atoms with van der Waals surface area (Å²) in [5.74, 6) is 0. The van der Waals surface area contributed by atoms with Crippen LogP contribution in [0.2, 0.25) is 0 Å². The second-order valence-electron chi connectivity index (χ2n) is 5.36. The number of nitrogens with one attached hydrogen (secondary N) is 1. The van der Waals surface area contributed by atoms with Crippen LogP contribution in [0.5, 0.6) is 0 Å². The Morgan fingerprint density at radius 3 is 2.35 bits per heavy atom. The zero-order chi connectivity index (χ0) is 13.8. The molecule has 0 aromatic heterocycles. The molecule has 2 nitrogen and oxygen atoms in total. The van der Waals surface area contributed by atoms with Gasteiger partial charge >= 0.3 is 0 Å². The third-order valence-electron chi connectivity index (χ3n) is 4.08. The summed E-state index contributed by atoms with van der Waals surface area (Å²) in [6.07, 6.45) is 2.39. The molecule has 2 heteroatoms. The number of ether oxygens (including phenoxy) is 1. The van der Waals surface area contributed by atoms with Crippen molar-refractivity contribution >= 4 is 0 Å². The van der Waals surface area contributed by atoms with Gasteiger partial charge < -0.3 is 10.1 Å². The highest BCUT2D eigenvalue weighted by Gasteiger charge is 2.22. The highest BCUT2D eigenvalue weighted by molar-refractivity contribution is 5.63. The molecule has 104 valence electrons. The van der Waals surface area contributed by atoms with Crippen molar-refractivity contribution in [3.8, 4) is 11.1 Å². The lowest BCUT2D eigenvalue weighted by molar-refractivity contribution is 0.00156. The molecule has 3 rings (SSSR count). The van der Waals surface area contributed by atoms with E-state index < -0.39 is 0 Å². The van der Waals surface area contributed by atoms with Gasteiger partial charge in [-0.1, -0.05) is 54.6 Å². The van der Waals surface area contributed by atoms with Gasteiger partial charge in [-0.2, -0.15) is 0 Å². The van der Waals surface area contributed by atoms with Crippen molar-refractivity contribution < 1.29 is 4.74 Å². The topological polar surface area (TPSA) is 21.3 Å². The van der Waals surface area contributed by atoms with Crippen LogP contribution in [0.4, 0.5) is 0 Å². The van der Waals surface area contributed by atoms with Crippen LogP contribution in [0, 0.1) is 0 Å². The summed E-state index contributed by atoms with van der Waals surface area (Å²) in [6.45, 7) is 0.844. The van der Waals surface area contributed by atoms with E-state index >= 15 is 0 Å². The summed E-state index contributed by atoms with van der Waals surface area (Å²) in [7, 11) is 2.03. The van der Waals surface area contributed by atoms with E-state index in [-0.39, 0.29) is 6.10 Å². The molecule has 0 aliphatic carbocycles. The van der Waals surface area contributed by atoms with Gasteiger partial charge in [0.15, 0.2) is 0 Å². The largest absolute Gasteiger partial charge is 0.373 e. The molecule has 1 aliphatic rings. The minimum Gasteiger partial charge on any atom is -0.373 e. The Balaban J connectivity index is 1.76. The number of hydrogen-bond acceptors (Lipinski definition) is 2. The maximum atomic E-state index is 5.90. The minimum atomic E-state index is 0.228. The first-order valence-electron chi connectivity index (χ1n) is 7.31. The fourth-order valence-electron chi connectivity index (χ4n) is 2.81. The van der Waals surface area contributed by atoms with Gasteiger partial charge in [-0.3, -0.25) is 0 Å². The molecule has 0 amide bonds. The van der Waals surface area contributed by atoms with Crippen molar-refractivity contribution in [2.75, 3.05) is 13.7 Å². The first-order valence-corrected chi connectivity index (χ1v) is 7.31. The van der Waals surface area contributed by atoms with E-state index in [0.717, 1.165) is 19.4 Å². The summed E-state index contributed by atoms with van der Waals surface area (Å²) in [5.41, 5.74) is 3.80. The maximum absolute atomic E-state index is 5.90. The van der Waals surface area contributed by atoms with E-state index in [0.29, 0.717) is 6.04 Å². The maximum Gasteiger partial charge on any atom is 0.0839 e. The van der Waals surface area contributed by atoms with Crippen LogP contribution >= 0.6 is 0 Å². The monoisotopic (exact) mass is 267 g/mol. The smallest absolute Gasteiger partial charge is 0.0839 e. The fourth-order valence-corrected chi connectivity index (χ4v) is 2.81. The van der Waals surface area contributed by atoms with Gasteiger partial charge in [0.05, 0.1) is 6.10 Å². The van der Waals surface area contributed by atoms with E-state index in [4.69, 9.17) is 4.74 Å². The van der Waals surface area contributed by atoms with Crippen LogP contribution in [0.1, 0.15) is 24.5 Å². The summed E-state index contributed by atoms with van der Waals surface area (Å²) >= 11 is 0. The number of hydrogen-bond donors (Lipinski definition) is 1. The van der Waals surface area contributed by atoms with Crippen LogP contribution < -0.4 is 5.32 Å². The third-order valence-corrected chi connectivity index (χ3v) is 4.08. The normalized spacial score (nSPS) is 22.6. The molecule has 1 N–H and O–H groups in total. The van der Waals surface area contributed by atoms with Gasteiger partial charge in [-0.05, 0) is 36.6 Å². The molecule has 2 unspecified atom stereocenters. The van der Waals surface area contributed by atoms with E-state index in [1.165, 1.54) is 16.7 Å². The van der Waals surface area contributed by atoms with Gasteiger partial charge in [0.25, 0.3) is 0 Å². The molecule has 20 heavy (non-hydrogen) atoms. The van der Waals surface area contributed by atoms with E-state index in [1.54, 1.807) is 0 Å². The highest BCUT2D eigenvalue weighted by Crippen LogP contribution is 2.29. The second kappa shape index (κ2) is 6.21. The Morgan fingerprint density at radius 2 is 1.65 bits per heavy atom. The molecule has 0 saturated carbocycles. The molecule has 0 radical (unpaired) electrons. The van der Waals surface area contributed by atoms with Gasteiger partial charge in [0, 0.05) is 12.6 Å². The molecule has 2 atom stereocenters. The van der Waals surface area contributed by atoms with Crippen LogP contribution in [-0.2, 0) is 4.74 Å². The number of rotatable bonds is 3. The van der Waals surface area contributed by atoms with E-state index in [2.05, 4.69) is 53.8 Å². The van der Waals surface area contributed by atoms with Gasteiger partial charge in [-0.15, -0.1) is 0 Å².